The van der Waals surface area contributed by atoms with E-state index in [9.17, 15) is 27.2 Å². The second kappa shape index (κ2) is 9.35. The lowest BCUT2D eigenvalue weighted by Crippen LogP contribution is -2.30. The van der Waals surface area contributed by atoms with E-state index < -0.39 is 23.5 Å². The van der Waals surface area contributed by atoms with Crippen LogP contribution in [0.1, 0.15) is 5.56 Å². The minimum Gasteiger partial charge on any atom is -0.442 e. The quantitative estimate of drug-likeness (QED) is 0.369. The third-order valence-electron chi connectivity index (χ3n) is 4.30. The zero-order chi connectivity index (χ0) is 21.7. The Bertz CT molecular complexity index is 909. The Morgan fingerprint density at radius 3 is 2.57 bits per heavy atom. The molecular weight excluding hydrogens is 426 g/mol. The van der Waals surface area contributed by atoms with Crippen molar-refractivity contribution < 1.29 is 31.9 Å². The predicted octanol–water partition coefficient (Wildman–Crippen LogP) is 3.82. The molecule has 2 amide bonds. The number of ether oxygens (including phenoxy) is 1. The predicted molar refractivity (Wildman–Crippen MR) is 104 cm³/mol. The smallest absolute Gasteiger partial charge is 0.442 e. The molecule has 1 aliphatic rings. The molecule has 0 radical (unpaired) electrons. The number of carbonyl (C=O) groups excluding carboxylic acids is 2. The fraction of sp³-hybridized carbons (Fsp3) is 0.263. The largest absolute Gasteiger partial charge is 0.456 e. The van der Waals surface area contributed by atoms with E-state index in [0.717, 1.165) is 0 Å². The van der Waals surface area contributed by atoms with Crippen LogP contribution in [0, 0.1) is 5.82 Å². The molecule has 0 spiro atoms. The number of amides is 2. The van der Waals surface area contributed by atoms with Crippen molar-refractivity contribution in [3.63, 3.8) is 0 Å². The van der Waals surface area contributed by atoms with Gasteiger partial charge in [-0.1, -0.05) is 24.3 Å². The number of carbonyl (C=O) groups is 2. The van der Waals surface area contributed by atoms with Gasteiger partial charge >= 0.3 is 11.6 Å². The molecule has 2 aromatic carbocycles. The van der Waals surface area contributed by atoms with Gasteiger partial charge in [-0.3, -0.25) is 14.4 Å². The number of alkyl halides is 3. The number of rotatable bonds is 8. The van der Waals surface area contributed by atoms with E-state index in [0.29, 0.717) is 23.2 Å². The molecule has 1 aliphatic heterocycles. The Morgan fingerprint density at radius 2 is 1.93 bits per heavy atom. The van der Waals surface area contributed by atoms with Gasteiger partial charge in [0.05, 0.1) is 18.8 Å². The van der Waals surface area contributed by atoms with E-state index in [1.807, 2.05) is 0 Å². The van der Waals surface area contributed by atoms with Crippen molar-refractivity contribution in [1.82, 2.24) is 10.0 Å². The third-order valence-corrected chi connectivity index (χ3v) is 4.82. The lowest BCUT2D eigenvalue weighted by atomic mass is 10.0. The second-order valence-electron chi connectivity index (χ2n) is 6.37. The first-order valence-electron chi connectivity index (χ1n) is 8.78. The number of hydrogen-bond donors (Lipinski definition) is 2. The molecule has 1 fully saturated rings. The van der Waals surface area contributed by atoms with Crippen LogP contribution in [0.3, 0.4) is 0 Å². The number of cyclic esters (lactones) is 1. The summed E-state index contributed by atoms with van der Waals surface area (Å²) in [7, 11) is 0. The first-order valence-corrected chi connectivity index (χ1v) is 9.60. The molecular formula is C19H17F4N3O3S. The van der Waals surface area contributed by atoms with Crippen molar-refractivity contribution in [1.29, 1.82) is 0 Å². The van der Waals surface area contributed by atoms with Crippen LogP contribution in [-0.4, -0.2) is 37.2 Å². The Kier molecular flexibility index (Phi) is 6.83. The molecule has 0 bridgehead atoms. The maximum Gasteiger partial charge on any atom is 0.456 e. The van der Waals surface area contributed by atoms with Gasteiger partial charge in [0.2, 0.25) is 6.41 Å². The lowest BCUT2D eigenvalue weighted by molar-refractivity contribution is -0.109. The van der Waals surface area contributed by atoms with Gasteiger partial charge in [0, 0.05) is 24.1 Å². The van der Waals surface area contributed by atoms with Crippen LogP contribution in [0.25, 0.3) is 11.1 Å². The lowest BCUT2D eigenvalue weighted by Gasteiger charge is -2.14. The highest BCUT2D eigenvalue weighted by Gasteiger charge is 2.32. The van der Waals surface area contributed by atoms with E-state index >= 15 is 0 Å². The van der Waals surface area contributed by atoms with Crippen molar-refractivity contribution in [2.75, 3.05) is 18.0 Å². The summed E-state index contributed by atoms with van der Waals surface area (Å²) in [5, 5.41) is 2.43. The highest BCUT2D eigenvalue weighted by atomic mass is 32.2. The van der Waals surface area contributed by atoms with Crippen LogP contribution in [0.5, 0.6) is 0 Å². The van der Waals surface area contributed by atoms with E-state index in [2.05, 4.69) is 10.0 Å². The number of anilines is 1. The molecule has 30 heavy (non-hydrogen) atoms. The van der Waals surface area contributed by atoms with Gasteiger partial charge < -0.3 is 10.1 Å². The Balaban J connectivity index is 1.67. The SMILES string of the molecule is O=CNCC1CN(c2ccc(-c3ccc(CNSC(F)(F)F)cc3)c(F)c2)C(=O)O1. The monoisotopic (exact) mass is 443 g/mol. The normalized spacial score (nSPS) is 16.5. The summed E-state index contributed by atoms with van der Waals surface area (Å²) in [5.41, 5.74) is -2.60. The minimum atomic E-state index is -4.36. The zero-order valence-electron chi connectivity index (χ0n) is 15.4. The Morgan fingerprint density at radius 1 is 1.20 bits per heavy atom. The zero-order valence-corrected chi connectivity index (χ0v) is 16.2. The van der Waals surface area contributed by atoms with Gasteiger partial charge in [-0.2, -0.15) is 13.2 Å². The maximum absolute atomic E-state index is 14.7. The fourth-order valence-corrected chi connectivity index (χ4v) is 3.33. The summed E-state index contributed by atoms with van der Waals surface area (Å²) in [6, 6.07) is 10.7. The summed E-state index contributed by atoms with van der Waals surface area (Å²) in [4.78, 5) is 23.6. The number of nitrogens with one attached hydrogen (secondary N) is 2. The van der Waals surface area contributed by atoms with E-state index in [1.54, 1.807) is 30.3 Å². The molecule has 1 heterocycles. The standard InChI is InChI=1S/C19H17F4N3O3S/c20-17-7-14(26-10-15(9-24-11-27)29-18(26)28)5-6-16(17)13-3-1-12(2-4-13)8-25-30-19(21,22)23/h1-7,11,15,25H,8-10H2,(H,24,27). The molecule has 11 heteroatoms. The Hall–Kier alpha value is -2.79. The number of benzene rings is 2. The average Bonchev–Trinajstić information content (AvgIpc) is 3.06. The van der Waals surface area contributed by atoms with Gasteiger partial charge in [0.1, 0.15) is 11.9 Å². The molecule has 0 aromatic heterocycles. The summed E-state index contributed by atoms with van der Waals surface area (Å²) < 4.78 is 58.4. The minimum absolute atomic E-state index is 0.00305. The molecule has 2 N–H and O–H groups in total. The van der Waals surface area contributed by atoms with E-state index in [-0.39, 0.29) is 37.1 Å². The van der Waals surface area contributed by atoms with Crippen molar-refractivity contribution in [2.24, 2.45) is 0 Å². The first kappa shape index (κ1) is 21.9. The molecule has 0 saturated carbocycles. The number of nitrogens with zero attached hydrogens (tertiary/aromatic N) is 1. The molecule has 1 unspecified atom stereocenters. The highest BCUT2D eigenvalue weighted by molar-refractivity contribution is 7.98. The molecule has 2 aromatic rings. The van der Waals surface area contributed by atoms with Gasteiger partial charge in [0.25, 0.3) is 0 Å². The molecule has 3 rings (SSSR count). The molecule has 6 nitrogen and oxygen atoms in total. The average molecular weight is 443 g/mol. The van der Waals surface area contributed by atoms with Crippen molar-refractivity contribution >= 4 is 30.1 Å². The van der Waals surface area contributed by atoms with E-state index in [4.69, 9.17) is 4.74 Å². The molecule has 160 valence electrons. The number of hydrogen-bond acceptors (Lipinski definition) is 5. The van der Waals surface area contributed by atoms with Gasteiger partial charge in [-0.15, -0.1) is 0 Å². The summed E-state index contributed by atoms with van der Waals surface area (Å²) in [6.45, 7) is 0.341. The summed E-state index contributed by atoms with van der Waals surface area (Å²) in [6.07, 6.45) is -0.655. The van der Waals surface area contributed by atoms with Crippen LogP contribution in [0.4, 0.5) is 28.0 Å². The maximum atomic E-state index is 14.7. The van der Waals surface area contributed by atoms with Crippen molar-refractivity contribution in [3.8, 4) is 11.1 Å². The fourth-order valence-electron chi connectivity index (χ4n) is 2.93. The molecule has 0 aliphatic carbocycles. The van der Waals surface area contributed by atoms with Gasteiger partial charge in [0.15, 0.2) is 0 Å². The van der Waals surface area contributed by atoms with Crippen LogP contribution in [0.2, 0.25) is 0 Å². The van der Waals surface area contributed by atoms with E-state index in [1.165, 1.54) is 17.0 Å². The molecule has 1 atom stereocenters. The third kappa shape index (κ3) is 5.63. The topological polar surface area (TPSA) is 70.7 Å². The van der Waals surface area contributed by atoms with Crippen molar-refractivity contribution in [3.05, 3.63) is 53.8 Å². The van der Waals surface area contributed by atoms with Crippen molar-refractivity contribution in [2.45, 2.75) is 18.2 Å². The first-order chi connectivity index (χ1) is 14.3. The highest BCUT2D eigenvalue weighted by Crippen LogP contribution is 2.30. The molecule has 1 saturated heterocycles. The van der Waals surface area contributed by atoms with Crippen LogP contribution >= 0.6 is 11.9 Å². The second-order valence-corrected chi connectivity index (χ2v) is 7.33. The van der Waals surface area contributed by atoms with Crippen LogP contribution in [-0.2, 0) is 16.1 Å². The summed E-state index contributed by atoms with van der Waals surface area (Å²) >= 11 is -0.324. The Labute approximate surface area is 173 Å². The van der Waals surface area contributed by atoms with Crippen LogP contribution in [0.15, 0.2) is 42.5 Å². The van der Waals surface area contributed by atoms with Crippen LogP contribution < -0.4 is 14.9 Å². The van der Waals surface area contributed by atoms with Gasteiger partial charge in [-0.25, -0.2) is 9.18 Å². The van der Waals surface area contributed by atoms with Gasteiger partial charge in [-0.05, 0) is 29.3 Å². The number of halogens is 4. The summed E-state index contributed by atoms with van der Waals surface area (Å²) in [5.74, 6) is -0.562.